The van der Waals surface area contributed by atoms with Gasteiger partial charge in [0.1, 0.15) is 11.5 Å². The van der Waals surface area contributed by atoms with Crippen LogP contribution in [0.3, 0.4) is 0 Å². The summed E-state index contributed by atoms with van der Waals surface area (Å²) in [6.07, 6.45) is -3.14. The van der Waals surface area contributed by atoms with E-state index >= 15 is 0 Å². The summed E-state index contributed by atoms with van der Waals surface area (Å²) in [5, 5.41) is 10.5. The number of alkyl halides is 3. The van der Waals surface area contributed by atoms with E-state index in [4.69, 9.17) is 4.42 Å². The Labute approximate surface area is 157 Å². The molecule has 1 aliphatic rings. The predicted molar refractivity (Wildman–Crippen MR) is 98.3 cm³/mol. The third kappa shape index (κ3) is 3.44. The molecule has 1 aliphatic heterocycles. The Balaban J connectivity index is 1.56. The molecule has 1 aromatic heterocycles. The Morgan fingerprint density at radius 1 is 1.00 bits per heavy atom. The number of halogens is 3. The van der Waals surface area contributed by atoms with E-state index in [2.05, 4.69) is 15.5 Å². The zero-order chi connectivity index (χ0) is 19.7. The molecule has 2 heterocycles. The van der Waals surface area contributed by atoms with Gasteiger partial charge in [-0.2, -0.15) is 18.3 Å². The lowest BCUT2D eigenvalue weighted by molar-refractivity contribution is -0.137. The first-order valence-corrected chi connectivity index (χ1v) is 8.21. The molecule has 8 heteroatoms. The molecule has 0 spiro atoms. The van der Waals surface area contributed by atoms with Crippen LogP contribution in [0.2, 0.25) is 0 Å². The standard InChI is InChI=1S/C20H12F3N3O2/c21-20(22,23)13-5-3-4-12(10-13)17-9-8-14(28-17)11-24-26-18-15-6-1-2-7-16(15)25-19(18)27/h1-11H,(H,25,26,27)/b24-11+. The lowest BCUT2D eigenvalue weighted by Gasteiger charge is -2.07. The fraction of sp³-hybridized carbons (Fsp3) is 0.0500. The molecule has 0 unspecified atom stereocenters. The van der Waals surface area contributed by atoms with Gasteiger partial charge >= 0.3 is 6.18 Å². The number of furan rings is 1. The van der Waals surface area contributed by atoms with Crippen molar-refractivity contribution in [1.82, 2.24) is 0 Å². The molecular formula is C20H12F3N3O2. The highest BCUT2D eigenvalue weighted by Crippen LogP contribution is 2.32. The minimum Gasteiger partial charge on any atom is -0.455 e. The smallest absolute Gasteiger partial charge is 0.416 e. The van der Waals surface area contributed by atoms with Crippen molar-refractivity contribution in [2.45, 2.75) is 6.18 Å². The van der Waals surface area contributed by atoms with Gasteiger partial charge in [0, 0.05) is 11.1 Å². The van der Waals surface area contributed by atoms with Crippen LogP contribution in [0.1, 0.15) is 16.9 Å². The second-order valence-electron chi connectivity index (χ2n) is 5.97. The van der Waals surface area contributed by atoms with Gasteiger partial charge in [0.05, 0.1) is 17.5 Å². The number of anilines is 1. The molecule has 0 bridgehead atoms. The van der Waals surface area contributed by atoms with Gasteiger partial charge in [-0.05, 0) is 30.3 Å². The van der Waals surface area contributed by atoms with Crippen LogP contribution in [0, 0.1) is 0 Å². The van der Waals surface area contributed by atoms with Gasteiger partial charge in [-0.1, -0.05) is 30.3 Å². The predicted octanol–water partition coefficient (Wildman–Crippen LogP) is 4.74. The number of benzene rings is 2. The number of hydrogen-bond donors (Lipinski definition) is 1. The maximum Gasteiger partial charge on any atom is 0.416 e. The van der Waals surface area contributed by atoms with Gasteiger partial charge < -0.3 is 9.73 Å². The number of fused-ring (bicyclic) bond motifs is 1. The molecule has 1 amide bonds. The fourth-order valence-corrected chi connectivity index (χ4v) is 2.77. The molecular weight excluding hydrogens is 371 g/mol. The third-order valence-electron chi connectivity index (χ3n) is 4.09. The van der Waals surface area contributed by atoms with E-state index in [1.54, 1.807) is 36.4 Å². The zero-order valence-corrected chi connectivity index (χ0v) is 14.2. The molecule has 1 N–H and O–H groups in total. The van der Waals surface area contributed by atoms with Crippen LogP contribution >= 0.6 is 0 Å². The van der Waals surface area contributed by atoms with Crippen molar-refractivity contribution in [2.75, 3.05) is 5.32 Å². The van der Waals surface area contributed by atoms with Crippen molar-refractivity contribution in [3.05, 3.63) is 77.6 Å². The zero-order valence-electron chi connectivity index (χ0n) is 14.2. The average molecular weight is 383 g/mol. The highest BCUT2D eigenvalue weighted by Gasteiger charge is 2.30. The average Bonchev–Trinajstić information content (AvgIpc) is 3.26. The maximum atomic E-state index is 12.8. The molecule has 140 valence electrons. The first kappa shape index (κ1) is 17.7. The summed E-state index contributed by atoms with van der Waals surface area (Å²) in [6, 6.07) is 15.0. The molecule has 0 atom stereocenters. The summed E-state index contributed by atoms with van der Waals surface area (Å²) in [7, 11) is 0. The summed E-state index contributed by atoms with van der Waals surface area (Å²) in [4.78, 5) is 11.9. The van der Waals surface area contributed by atoms with E-state index in [0.717, 1.165) is 12.1 Å². The first-order chi connectivity index (χ1) is 13.4. The number of carbonyl (C=O) groups is 1. The van der Waals surface area contributed by atoms with Crippen LogP contribution < -0.4 is 5.32 Å². The lowest BCUT2D eigenvalue weighted by atomic mass is 10.1. The van der Waals surface area contributed by atoms with Crippen LogP contribution in [-0.4, -0.2) is 17.8 Å². The molecule has 0 saturated heterocycles. The molecule has 3 aromatic rings. The number of amides is 1. The number of nitrogens with one attached hydrogen (secondary N) is 1. The van der Waals surface area contributed by atoms with Crippen molar-refractivity contribution in [1.29, 1.82) is 0 Å². The van der Waals surface area contributed by atoms with Gasteiger partial charge in [-0.3, -0.25) is 4.79 Å². The van der Waals surface area contributed by atoms with Crippen LogP contribution in [-0.2, 0) is 11.0 Å². The van der Waals surface area contributed by atoms with Crippen molar-refractivity contribution >= 4 is 23.5 Å². The number of rotatable bonds is 3. The molecule has 0 radical (unpaired) electrons. The summed E-state index contributed by atoms with van der Waals surface area (Å²) in [6.45, 7) is 0. The summed E-state index contributed by atoms with van der Waals surface area (Å²) in [5.41, 5.74) is 1.02. The molecule has 2 aromatic carbocycles. The number of para-hydroxylation sites is 1. The van der Waals surface area contributed by atoms with Crippen molar-refractivity contribution in [2.24, 2.45) is 10.2 Å². The summed E-state index contributed by atoms with van der Waals surface area (Å²) >= 11 is 0. The Hall–Kier alpha value is -3.68. The normalized spacial score (nSPS) is 15.2. The van der Waals surface area contributed by atoms with E-state index < -0.39 is 11.7 Å². The Morgan fingerprint density at radius 3 is 2.64 bits per heavy atom. The van der Waals surface area contributed by atoms with E-state index in [1.165, 1.54) is 18.3 Å². The van der Waals surface area contributed by atoms with Crippen molar-refractivity contribution in [3.63, 3.8) is 0 Å². The fourth-order valence-electron chi connectivity index (χ4n) is 2.77. The second kappa shape index (κ2) is 6.80. The molecule has 0 aliphatic carbocycles. The van der Waals surface area contributed by atoms with Crippen molar-refractivity contribution < 1.29 is 22.4 Å². The highest BCUT2D eigenvalue weighted by molar-refractivity contribution is 6.53. The summed E-state index contributed by atoms with van der Waals surface area (Å²) < 4.78 is 44.0. The monoisotopic (exact) mass is 383 g/mol. The third-order valence-corrected chi connectivity index (χ3v) is 4.09. The van der Waals surface area contributed by atoms with Crippen LogP contribution in [0.25, 0.3) is 11.3 Å². The topological polar surface area (TPSA) is 67.0 Å². The van der Waals surface area contributed by atoms with Gasteiger partial charge in [0.15, 0.2) is 5.71 Å². The number of nitrogens with zero attached hydrogens (tertiary/aromatic N) is 2. The van der Waals surface area contributed by atoms with Gasteiger partial charge in [-0.15, -0.1) is 5.10 Å². The van der Waals surface area contributed by atoms with Gasteiger partial charge in [0.25, 0.3) is 5.91 Å². The van der Waals surface area contributed by atoms with Gasteiger partial charge in [-0.25, -0.2) is 0 Å². The van der Waals surface area contributed by atoms with E-state index in [9.17, 15) is 18.0 Å². The largest absolute Gasteiger partial charge is 0.455 e. The van der Waals surface area contributed by atoms with Crippen LogP contribution in [0.5, 0.6) is 0 Å². The maximum absolute atomic E-state index is 12.8. The Morgan fingerprint density at radius 2 is 1.82 bits per heavy atom. The highest BCUT2D eigenvalue weighted by atomic mass is 19.4. The summed E-state index contributed by atoms with van der Waals surface area (Å²) in [5.74, 6) is 0.204. The molecule has 5 nitrogen and oxygen atoms in total. The van der Waals surface area contributed by atoms with Crippen LogP contribution in [0.4, 0.5) is 18.9 Å². The molecule has 0 fully saturated rings. The Bertz CT molecular complexity index is 1110. The molecule has 4 rings (SSSR count). The SMILES string of the molecule is O=C1Nc2ccccc2C1=N/N=C/c1ccc(-c2cccc(C(F)(F)F)c2)o1. The number of hydrogen-bond acceptors (Lipinski definition) is 4. The molecule has 28 heavy (non-hydrogen) atoms. The van der Waals surface area contributed by atoms with Crippen LogP contribution in [0.15, 0.2) is 75.3 Å². The minimum atomic E-state index is -4.43. The van der Waals surface area contributed by atoms with Gasteiger partial charge in [0.2, 0.25) is 0 Å². The quantitative estimate of drug-likeness (QED) is 0.524. The van der Waals surface area contributed by atoms with E-state index in [1.807, 2.05) is 0 Å². The van der Waals surface area contributed by atoms with E-state index in [-0.39, 0.29) is 17.4 Å². The minimum absolute atomic E-state index is 0.177. The van der Waals surface area contributed by atoms with Crippen molar-refractivity contribution in [3.8, 4) is 11.3 Å². The Kier molecular flexibility index (Phi) is 4.31. The second-order valence-corrected chi connectivity index (χ2v) is 5.97. The van der Waals surface area contributed by atoms with E-state index in [0.29, 0.717) is 22.6 Å². The lowest BCUT2D eigenvalue weighted by Crippen LogP contribution is -2.13. The number of carbonyl (C=O) groups excluding carboxylic acids is 1. The first-order valence-electron chi connectivity index (χ1n) is 8.21. The molecule has 0 saturated carbocycles.